The number of pyridine rings is 2. The van der Waals surface area contributed by atoms with Crippen molar-refractivity contribution in [1.82, 2.24) is 19.9 Å². The minimum Gasteiger partial charge on any atom is -0.384 e. The van der Waals surface area contributed by atoms with Gasteiger partial charge in [-0.1, -0.05) is 30.3 Å². The van der Waals surface area contributed by atoms with Gasteiger partial charge in [-0.2, -0.15) is 0 Å². The van der Waals surface area contributed by atoms with Crippen LogP contribution in [-0.4, -0.2) is 19.9 Å². The summed E-state index contributed by atoms with van der Waals surface area (Å²) < 4.78 is 0. The molecule has 0 fully saturated rings. The lowest BCUT2D eigenvalue weighted by molar-refractivity contribution is 1.10. The van der Waals surface area contributed by atoms with Crippen molar-refractivity contribution in [2.75, 3.05) is 11.1 Å². The molecule has 6 nitrogen and oxygen atoms in total. The summed E-state index contributed by atoms with van der Waals surface area (Å²) in [6, 6.07) is 16.0. The zero-order valence-corrected chi connectivity index (χ0v) is 13.4. The van der Waals surface area contributed by atoms with E-state index in [0.717, 1.165) is 27.9 Å². The van der Waals surface area contributed by atoms with Crippen molar-refractivity contribution in [2.24, 2.45) is 0 Å². The van der Waals surface area contributed by atoms with Crippen LogP contribution in [0.1, 0.15) is 5.56 Å². The largest absolute Gasteiger partial charge is 0.384 e. The van der Waals surface area contributed by atoms with E-state index in [9.17, 15) is 0 Å². The van der Waals surface area contributed by atoms with Crippen molar-refractivity contribution in [3.8, 4) is 11.1 Å². The maximum Gasteiger partial charge on any atom is 0.166 e. The number of hydrogen-bond donors (Lipinski definition) is 2. The molecule has 0 aliphatic carbocycles. The van der Waals surface area contributed by atoms with E-state index in [-0.39, 0.29) is 0 Å². The van der Waals surface area contributed by atoms with Gasteiger partial charge in [0.1, 0.15) is 18.0 Å². The number of rotatable bonds is 4. The number of hydrogen-bond acceptors (Lipinski definition) is 6. The summed E-state index contributed by atoms with van der Waals surface area (Å²) in [6.07, 6.45) is 5.12. The SMILES string of the molecule is Nc1ccc2c(NCc3ccc(-c4cccnc4)cc3)ncnc2n1. The van der Waals surface area contributed by atoms with Gasteiger partial charge < -0.3 is 11.1 Å². The van der Waals surface area contributed by atoms with Crippen molar-refractivity contribution in [1.29, 1.82) is 0 Å². The van der Waals surface area contributed by atoms with Crippen molar-refractivity contribution in [2.45, 2.75) is 6.54 Å². The van der Waals surface area contributed by atoms with Crippen LogP contribution < -0.4 is 11.1 Å². The number of fused-ring (bicyclic) bond motifs is 1. The average Bonchev–Trinajstić information content (AvgIpc) is 2.67. The van der Waals surface area contributed by atoms with Gasteiger partial charge in [-0.3, -0.25) is 4.98 Å². The van der Waals surface area contributed by atoms with Crippen molar-refractivity contribution >= 4 is 22.7 Å². The van der Waals surface area contributed by atoms with Crippen LogP contribution in [0.3, 0.4) is 0 Å². The number of nitrogens with two attached hydrogens (primary N) is 1. The van der Waals surface area contributed by atoms with E-state index in [2.05, 4.69) is 49.5 Å². The molecule has 0 unspecified atom stereocenters. The smallest absolute Gasteiger partial charge is 0.166 e. The fraction of sp³-hybridized carbons (Fsp3) is 0.0526. The molecule has 3 aromatic heterocycles. The summed E-state index contributed by atoms with van der Waals surface area (Å²) in [5.74, 6) is 1.19. The lowest BCUT2D eigenvalue weighted by Crippen LogP contribution is -2.03. The van der Waals surface area contributed by atoms with Gasteiger partial charge in [0.2, 0.25) is 0 Å². The third-order valence-corrected chi connectivity index (χ3v) is 3.93. The van der Waals surface area contributed by atoms with Crippen LogP contribution in [0.2, 0.25) is 0 Å². The van der Waals surface area contributed by atoms with Crippen molar-refractivity contribution in [3.63, 3.8) is 0 Å². The van der Waals surface area contributed by atoms with Gasteiger partial charge in [-0.05, 0) is 34.9 Å². The molecule has 3 heterocycles. The first-order valence-electron chi connectivity index (χ1n) is 7.90. The number of nitrogens with one attached hydrogen (secondary N) is 1. The quantitative estimate of drug-likeness (QED) is 0.597. The minimum atomic E-state index is 0.447. The fourth-order valence-electron chi connectivity index (χ4n) is 2.63. The third kappa shape index (κ3) is 3.23. The molecule has 0 radical (unpaired) electrons. The van der Waals surface area contributed by atoms with Crippen LogP contribution in [0.25, 0.3) is 22.2 Å². The summed E-state index contributed by atoms with van der Waals surface area (Å²) in [5, 5.41) is 4.19. The second kappa shape index (κ2) is 6.52. The van der Waals surface area contributed by atoms with Gasteiger partial charge in [0.05, 0.1) is 5.39 Å². The average molecular weight is 328 g/mol. The second-order valence-corrected chi connectivity index (χ2v) is 5.62. The van der Waals surface area contributed by atoms with Crippen LogP contribution in [0.5, 0.6) is 0 Å². The molecule has 0 aliphatic heterocycles. The molecular formula is C19H16N6. The maximum absolute atomic E-state index is 5.70. The highest BCUT2D eigenvalue weighted by Gasteiger charge is 2.05. The summed E-state index contributed by atoms with van der Waals surface area (Å²) in [7, 11) is 0. The molecule has 0 saturated heterocycles. The summed E-state index contributed by atoms with van der Waals surface area (Å²) in [4.78, 5) is 16.8. The van der Waals surface area contributed by atoms with Gasteiger partial charge in [0.25, 0.3) is 0 Å². The van der Waals surface area contributed by atoms with Gasteiger partial charge in [-0.25, -0.2) is 15.0 Å². The highest BCUT2D eigenvalue weighted by atomic mass is 15.0. The minimum absolute atomic E-state index is 0.447. The molecule has 0 amide bonds. The molecule has 6 heteroatoms. The summed E-state index contributed by atoms with van der Waals surface area (Å²) >= 11 is 0. The normalized spacial score (nSPS) is 10.7. The lowest BCUT2D eigenvalue weighted by atomic mass is 10.1. The number of benzene rings is 1. The molecule has 1 aromatic carbocycles. The maximum atomic E-state index is 5.70. The van der Waals surface area contributed by atoms with Crippen molar-refractivity contribution < 1.29 is 0 Å². The van der Waals surface area contributed by atoms with Gasteiger partial charge in [0.15, 0.2) is 5.65 Å². The fourth-order valence-corrected chi connectivity index (χ4v) is 2.63. The van der Waals surface area contributed by atoms with E-state index in [1.165, 1.54) is 6.33 Å². The Labute approximate surface area is 144 Å². The molecule has 0 bridgehead atoms. The van der Waals surface area contributed by atoms with Crippen LogP contribution in [0.4, 0.5) is 11.6 Å². The lowest BCUT2D eigenvalue weighted by Gasteiger charge is -2.09. The van der Waals surface area contributed by atoms with Crippen LogP contribution in [0, 0.1) is 0 Å². The van der Waals surface area contributed by atoms with Crippen LogP contribution in [-0.2, 0) is 6.54 Å². The molecule has 25 heavy (non-hydrogen) atoms. The molecule has 4 rings (SSSR count). The van der Waals surface area contributed by atoms with E-state index >= 15 is 0 Å². The predicted molar refractivity (Wildman–Crippen MR) is 98.7 cm³/mol. The second-order valence-electron chi connectivity index (χ2n) is 5.62. The zero-order chi connectivity index (χ0) is 17.1. The Bertz CT molecular complexity index is 999. The van der Waals surface area contributed by atoms with E-state index in [1.54, 1.807) is 12.3 Å². The Morgan fingerprint density at radius 3 is 2.60 bits per heavy atom. The zero-order valence-electron chi connectivity index (χ0n) is 13.4. The Kier molecular flexibility index (Phi) is 3.92. The molecule has 0 atom stereocenters. The first-order chi connectivity index (χ1) is 12.3. The molecule has 0 saturated carbocycles. The molecule has 122 valence electrons. The third-order valence-electron chi connectivity index (χ3n) is 3.93. The predicted octanol–water partition coefficient (Wildman–Crippen LogP) is 3.28. The van der Waals surface area contributed by atoms with E-state index in [0.29, 0.717) is 18.0 Å². The van der Waals surface area contributed by atoms with E-state index in [4.69, 9.17) is 5.73 Å². The van der Waals surface area contributed by atoms with E-state index in [1.807, 2.05) is 24.4 Å². The van der Waals surface area contributed by atoms with Gasteiger partial charge in [-0.15, -0.1) is 0 Å². The Hall–Kier alpha value is -3.54. The topological polar surface area (TPSA) is 89.6 Å². The standard InChI is InChI=1S/C19H16N6/c20-17-8-7-16-18(23-12-24-19(16)25-17)22-10-13-3-5-14(6-4-13)15-2-1-9-21-11-15/h1-9,11-12H,10H2,(H3,20,22,23,24,25). The molecule has 0 spiro atoms. The van der Waals surface area contributed by atoms with Crippen LogP contribution in [0.15, 0.2) is 67.3 Å². The Balaban J connectivity index is 1.52. The number of anilines is 2. The summed E-state index contributed by atoms with van der Waals surface area (Å²) in [6.45, 7) is 0.657. The number of nitrogen functional groups attached to an aromatic ring is 1. The van der Waals surface area contributed by atoms with Gasteiger partial charge in [0, 0.05) is 18.9 Å². The first-order valence-corrected chi connectivity index (χ1v) is 7.90. The van der Waals surface area contributed by atoms with Crippen LogP contribution >= 0.6 is 0 Å². The number of aromatic nitrogens is 4. The van der Waals surface area contributed by atoms with Crippen molar-refractivity contribution in [3.05, 3.63) is 72.8 Å². The molecule has 0 aliphatic rings. The summed E-state index contributed by atoms with van der Waals surface area (Å²) in [5.41, 5.74) is 9.69. The molecule has 4 aromatic rings. The Morgan fingerprint density at radius 1 is 0.920 bits per heavy atom. The number of nitrogens with zero attached hydrogens (tertiary/aromatic N) is 4. The first kappa shape index (κ1) is 15.0. The monoisotopic (exact) mass is 328 g/mol. The molecular weight excluding hydrogens is 312 g/mol. The van der Waals surface area contributed by atoms with Gasteiger partial charge >= 0.3 is 0 Å². The van der Waals surface area contributed by atoms with E-state index < -0.39 is 0 Å². The molecule has 3 N–H and O–H groups in total. The highest BCUT2D eigenvalue weighted by molar-refractivity contribution is 5.87. The highest BCUT2D eigenvalue weighted by Crippen LogP contribution is 2.21. The Morgan fingerprint density at radius 2 is 1.80 bits per heavy atom.